The van der Waals surface area contributed by atoms with Crippen LogP contribution in [0.3, 0.4) is 0 Å². The minimum absolute atomic E-state index is 0.102. The fourth-order valence-corrected chi connectivity index (χ4v) is 3.21. The highest BCUT2D eigenvalue weighted by molar-refractivity contribution is 9.10. The van der Waals surface area contributed by atoms with Crippen molar-refractivity contribution in [1.82, 2.24) is 0 Å². The lowest BCUT2D eigenvalue weighted by atomic mass is 9.97. The molecule has 0 amide bonds. The SMILES string of the molecule is CCOc1ccc(C(Cl)C2OCCC2C)cc1Br. The maximum absolute atomic E-state index is 6.52. The topological polar surface area (TPSA) is 18.5 Å². The van der Waals surface area contributed by atoms with Gasteiger partial charge in [-0.3, -0.25) is 0 Å². The zero-order valence-electron chi connectivity index (χ0n) is 10.7. The van der Waals surface area contributed by atoms with Crippen LogP contribution in [-0.2, 0) is 4.74 Å². The molecule has 0 aliphatic carbocycles. The normalized spacial score (nSPS) is 25.1. The Morgan fingerprint density at radius 2 is 2.33 bits per heavy atom. The Labute approximate surface area is 122 Å². The van der Waals surface area contributed by atoms with E-state index >= 15 is 0 Å². The Morgan fingerprint density at radius 1 is 1.56 bits per heavy atom. The van der Waals surface area contributed by atoms with E-state index in [1.54, 1.807) is 0 Å². The van der Waals surface area contributed by atoms with E-state index in [1.807, 2.05) is 25.1 Å². The molecule has 0 radical (unpaired) electrons. The third-order valence-electron chi connectivity index (χ3n) is 3.31. The summed E-state index contributed by atoms with van der Waals surface area (Å²) in [4.78, 5) is 0. The summed E-state index contributed by atoms with van der Waals surface area (Å²) in [6.07, 6.45) is 1.20. The number of halogens is 2. The van der Waals surface area contributed by atoms with Gasteiger partial charge in [0.05, 0.1) is 22.6 Å². The van der Waals surface area contributed by atoms with Crippen LogP contribution in [0.25, 0.3) is 0 Å². The van der Waals surface area contributed by atoms with Crippen molar-refractivity contribution in [3.8, 4) is 5.75 Å². The lowest BCUT2D eigenvalue weighted by molar-refractivity contribution is 0.0903. The molecule has 3 atom stereocenters. The highest BCUT2D eigenvalue weighted by Crippen LogP contribution is 2.38. The molecule has 100 valence electrons. The second-order valence-corrected chi connectivity index (χ2v) is 5.95. The van der Waals surface area contributed by atoms with Gasteiger partial charge in [0.25, 0.3) is 0 Å². The summed E-state index contributed by atoms with van der Waals surface area (Å²) in [5.74, 6) is 1.36. The molecule has 0 bridgehead atoms. The third-order valence-corrected chi connectivity index (χ3v) is 4.43. The number of hydrogen-bond acceptors (Lipinski definition) is 2. The van der Waals surface area contributed by atoms with Crippen molar-refractivity contribution in [2.45, 2.75) is 31.7 Å². The fraction of sp³-hybridized carbons (Fsp3) is 0.571. The van der Waals surface area contributed by atoms with Crippen molar-refractivity contribution in [2.24, 2.45) is 5.92 Å². The number of alkyl halides is 1. The molecule has 1 heterocycles. The van der Waals surface area contributed by atoms with Crippen LogP contribution in [0.4, 0.5) is 0 Å². The number of ether oxygens (including phenoxy) is 2. The van der Waals surface area contributed by atoms with Crippen LogP contribution < -0.4 is 4.74 Å². The quantitative estimate of drug-likeness (QED) is 0.752. The van der Waals surface area contributed by atoms with E-state index in [0.717, 1.165) is 28.8 Å². The van der Waals surface area contributed by atoms with Crippen molar-refractivity contribution in [3.05, 3.63) is 28.2 Å². The molecule has 1 aliphatic heterocycles. The molecule has 2 nitrogen and oxygen atoms in total. The molecular formula is C14H18BrClO2. The molecule has 4 heteroatoms. The lowest BCUT2D eigenvalue weighted by Gasteiger charge is -2.21. The van der Waals surface area contributed by atoms with Gasteiger partial charge in [-0.15, -0.1) is 11.6 Å². The Balaban J connectivity index is 2.15. The second-order valence-electron chi connectivity index (χ2n) is 4.63. The minimum atomic E-state index is -0.102. The van der Waals surface area contributed by atoms with Crippen LogP contribution in [-0.4, -0.2) is 19.3 Å². The van der Waals surface area contributed by atoms with E-state index in [-0.39, 0.29) is 11.5 Å². The van der Waals surface area contributed by atoms with Crippen LogP contribution in [0.1, 0.15) is 31.2 Å². The molecule has 0 N–H and O–H groups in total. The Morgan fingerprint density at radius 3 is 2.89 bits per heavy atom. The Hall–Kier alpha value is -0.250. The highest BCUT2D eigenvalue weighted by atomic mass is 79.9. The monoisotopic (exact) mass is 332 g/mol. The maximum atomic E-state index is 6.52. The summed E-state index contributed by atoms with van der Waals surface area (Å²) >= 11 is 10.0. The first-order valence-corrected chi connectivity index (χ1v) is 7.54. The molecule has 1 aromatic rings. The fourth-order valence-electron chi connectivity index (χ4n) is 2.24. The zero-order valence-corrected chi connectivity index (χ0v) is 13.0. The van der Waals surface area contributed by atoms with Crippen LogP contribution >= 0.6 is 27.5 Å². The number of benzene rings is 1. The minimum Gasteiger partial charge on any atom is -0.493 e. The average Bonchev–Trinajstić information content (AvgIpc) is 2.77. The van der Waals surface area contributed by atoms with Crippen LogP contribution in [0.2, 0.25) is 0 Å². The van der Waals surface area contributed by atoms with Gasteiger partial charge in [-0.2, -0.15) is 0 Å². The van der Waals surface area contributed by atoms with Gasteiger partial charge in [0.2, 0.25) is 0 Å². The number of rotatable bonds is 4. The molecule has 0 aromatic heterocycles. The number of hydrogen-bond donors (Lipinski definition) is 0. The molecule has 3 unspecified atom stereocenters. The molecule has 1 saturated heterocycles. The Bertz CT molecular complexity index is 411. The van der Waals surface area contributed by atoms with Gasteiger partial charge in [0, 0.05) is 6.61 Å². The van der Waals surface area contributed by atoms with Crippen molar-refractivity contribution in [3.63, 3.8) is 0 Å². The summed E-state index contributed by atoms with van der Waals surface area (Å²) in [6, 6.07) is 6.00. The first-order chi connectivity index (χ1) is 8.63. The lowest BCUT2D eigenvalue weighted by Crippen LogP contribution is -2.19. The molecule has 1 fully saturated rings. The largest absolute Gasteiger partial charge is 0.493 e. The van der Waals surface area contributed by atoms with E-state index in [9.17, 15) is 0 Å². The summed E-state index contributed by atoms with van der Waals surface area (Å²) in [5, 5.41) is -0.102. The summed E-state index contributed by atoms with van der Waals surface area (Å²) < 4.78 is 12.2. The van der Waals surface area contributed by atoms with Crippen molar-refractivity contribution >= 4 is 27.5 Å². The van der Waals surface area contributed by atoms with Crippen molar-refractivity contribution < 1.29 is 9.47 Å². The van der Waals surface area contributed by atoms with Crippen molar-refractivity contribution in [1.29, 1.82) is 0 Å². The van der Waals surface area contributed by atoms with E-state index in [2.05, 4.69) is 22.9 Å². The van der Waals surface area contributed by atoms with E-state index in [4.69, 9.17) is 21.1 Å². The molecule has 0 spiro atoms. The molecule has 2 rings (SSSR count). The molecule has 0 saturated carbocycles. The van der Waals surface area contributed by atoms with Crippen LogP contribution in [0.15, 0.2) is 22.7 Å². The summed E-state index contributed by atoms with van der Waals surface area (Å²) in [6.45, 7) is 5.63. The van der Waals surface area contributed by atoms with Gasteiger partial charge in [-0.1, -0.05) is 13.0 Å². The summed E-state index contributed by atoms with van der Waals surface area (Å²) in [5.41, 5.74) is 1.07. The zero-order chi connectivity index (χ0) is 13.1. The molecule has 18 heavy (non-hydrogen) atoms. The van der Waals surface area contributed by atoms with Crippen LogP contribution in [0, 0.1) is 5.92 Å². The van der Waals surface area contributed by atoms with Gasteiger partial charge in [-0.25, -0.2) is 0 Å². The van der Waals surface area contributed by atoms with Gasteiger partial charge >= 0.3 is 0 Å². The van der Waals surface area contributed by atoms with Crippen molar-refractivity contribution in [2.75, 3.05) is 13.2 Å². The predicted octanol–water partition coefficient (Wildman–Crippen LogP) is 4.55. The van der Waals surface area contributed by atoms with Crippen LogP contribution in [0.5, 0.6) is 5.75 Å². The predicted molar refractivity (Wildman–Crippen MR) is 77.4 cm³/mol. The standard InChI is InChI=1S/C14H18BrClO2/c1-3-17-12-5-4-10(8-11(12)15)13(16)14-9(2)6-7-18-14/h4-5,8-9,13-14H,3,6-7H2,1-2H3. The molecule has 1 aromatic carbocycles. The first kappa shape index (κ1) is 14.2. The van der Waals surface area contributed by atoms with Gasteiger partial charge < -0.3 is 9.47 Å². The van der Waals surface area contributed by atoms with Gasteiger partial charge in [0.15, 0.2) is 0 Å². The van der Waals surface area contributed by atoms with Gasteiger partial charge in [0.1, 0.15) is 5.75 Å². The average molecular weight is 334 g/mol. The highest BCUT2D eigenvalue weighted by Gasteiger charge is 2.32. The summed E-state index contributed by atoms with van der Waals surface area (Å²) in [7, 11) is 0. The molecule has 1 aliphatic rings. The van der Waals surface area contributed by atoms with E-state index in [0.29, 0.717) is 12.5 Å². The first-order valence-electron chi connectivity index (χ1n) is 6.31. The maximum Gasteiger partial charge on any atom is 0.133 e. The second kappa shape index (κ2) is 6.27. The third kappa shape index (κ3) is 3.01. The molecular weight excluding hydrogens is 316 g/mol. The Kier molecular flexibility index (Phi) is 4.93. The smallest absolute Gasteiger partial charge is 0.133 e. The van der Waals surface area contributed by atoms with E-state index in [1.165, 1.54) is 0 Å². The van der Waals surface area contributed by atoms with Gasteiger partial charge in [-0.05, 0) is 52.9 Å². The van der Waals surface area contributed by atoms with E-state index < -0.39 is 0 Å².